The zero-order valence-electron chi connectivity index (χ0n) is 9.79. The van der Waals surface area contributed by atoms with Crippen molar-refractivity contribution in [3.8, 4) is 5.75 Å². The Morgan fingerprint density at radius 1 is 1.50 bits per heavy atom. The highest BCUT2D eigenvalue weighted by molar-refractivity contribution is 6.32. The molecule has 0 aliphatic heterocycles. The summed E-state index contributed by atoms with van der Waals surface area (Å²) in [4.78, 5) is 0. The number of nitrogens with two attached hydrogens (primary N) is 1. The van der Waals surface area contributed by atoms with Crippen LogP contribution < -0.4 is 10.5 Å². The normalized spacial score (nSPS) is 19.2. The maximum atomic E-state index is 6.15. The van der Waals surface area contributed by atoms with E-state index in [0.29, 0.717) is 17.5 Å². The molecule has 1 unspecified atom stereocenters. The van der Waals surface area contributed by atoms with Crippen molar-refractivity contribution < 1.29 is 4.74 Å². The van der Waals surface area contributed by atoms with Crippen LogP contribution in [0.25, 0.3) is 0 Å². The van der Waals surface area contributed by atoms with Gasteiger partial charge in [0.25, 0.3) is 0 Å². The first kappa shape index (κ1) is 11.7. The Balaban J connectivity index is 2.48. The monoisotopic (exact) mass is 239 g/mol. The van der Waals surface area contributed by atoms with Crippen LogP contribution in [-0.4, -0.2) is 13.7 Å². The zero-order valence-corrected chi connectivity index (χ0v) is 10.6. The van der Waals surface area contributed by atoms with E-state index in [9.17, 15) is 0 Å². The van der Waals surface area contributed by atoms with Gasteiger partial charge in [-0.1, -0.05) is 30.7 Å². The average Bonchev–Trinajstić information content (AvgIpc) is 3.12. The van der Waals surface area contributed by atoms with E-state index in [0.717, 1.165) is 11.3 Å². The van der Waals surface area contributed by atoms with E-state index in [-0.39, 0.29) is 5.41 Å². The Hall–Kier alpha value is -0.730. The molecular formula is C13H18ClNO. The van der Waals surface area contributed by atoms with Gasteiger partial charge in [0.2, 0.25) is 0 Å². The molecule has 2 rings (SSSR count). The van der Waals surface area contributed by atoms with Crippen LogP contribution in [0, 0.1) is 5.92 Å². The van der Waals surface area contributed by atoms with Crippen LogP contribution in [-0.2, 0) is 5.41 Å². The van der Waals surface area contributed by atoms with E-state index >= 15 is 0 Å². The molecule has 0 amide bonds. The molecule has 1 aromatic carbocycles. The summed E-state index contributed by atoms with van der Waals surface area (Å²) in [5.41, 5.74) is 7.10. The SMILES string of the molecule is COc1c(Cl)cccc1C(C)(CN)C1CC1. The number of benzene rings is 1. The molecule has 1 aromatic rings. The fourth-order valence-corrected chi connectivity index (χ4v) is 2.63. The molecule has 0 heterocycles. The highest BCUT2D eigenvalue weighted by atomic mass is 35.5. The van der Waals surface area contributed by atoms with Crippen molar-refractivity contribution in [3.63, 3.8) is 0 Å². The fraction of sp³-hybridized carbons (Fsp3) is 0.538. The number of methoxy groups -OCH3 is 1. The predicted molar refractivity (Wildman–Crippen MR) is 67.1 cm³/mol. The Labute approximate surface area is 102 Å². The number of ether oxygens (including phenoxy) is 1. The predicted octanol–water partition coefficient (Wildman–Crippen LogP) is 2.98. The van der Waals surface area contributed by atoms with Gasteiger partial charge in [-0.2, -0.15) is 0 Å². The Kier molecular flexibility index (Phi) is 3.13. The smallest absolute Gasteiger partial charge is 0.141 e. The summed E-state index contributed by atoms with van der Waals surface area (Å²) in [7, 11) is 1.66. The molecule has 2 N–H and O–H groups in total. The minimum atomic E-state index is -0.00373. The van der Waals surface area contributed by atoms with Gasteiger partial charge in [0.15, 0.2) is 0 Å². The van der Waals surface area contributed by atoms with E-state index in [1.165, 1.54) is 12.8 Å². The van der Waals surface area contributed by atoms with Crippen molar-refractivity contribution in [1.29, 1.82) is 0 Å². The van der Waals surface area contributed by atoms with Crippen LogP contribution in [0.15, 0.2) is 18.2 Å². The number of para-hydroxylation sites is 1. The lowest BCUT2D eigenvalue weighted by molar-refractivity contribution is 0.366. The van der Waals surface area contributed by atoms with Gasteiger partial charge in [0, 0.05) is 17.5 Å². The standard InChI is InChI=1S/C13H18ClNO/c1-13(8-15,9-6-7-9)10-4-3-5-11(14)12(10)16-2/h3-5,9H,6-8,15H2,1-2H3. The second-order valence-electron chi connectivity index (χ2n) is 4.72. The maximum Gasteiger partial charge on any atom is 0.141 e. The molecule has 0 spiro atoms. The van der Waals surface area contributed by atoms with Crippen LogP contribution in [0.1, 0.15) is 25.3 Å². The lowest BCUT2D eigenvalue weighted by atomic mass is 9.77. The van der Waals surface area contributed by atoms with Gasteiger partial charge in [0.05, 0.1) is 12.1 Å². The number of rotatable bonds is 4. The molecule has 1 fully saturated rings. The maximum absolute atomic E-state index is 6.15. The molecule has 0 bridgehead atoms. The summed E-state index contributed by atoms with van der Waals surface area (Å²) in [6, 6.07) is 5.90. The first-order valence-electron chi connectivity index (χ1n) is 5.66. The van der Waals surface area contributed by atoms with E-state index in [1.807, 2.05) is 12.1 Å². The summed E-state index contributed by atoms with van der Waals surface area (Å²) in [5.74, 6) is 1.45. The summed E-state index contributed by atoms with van der Waals surface area (Å²) < 4.78 is 5.41. The third kappa shape index (κ3) is 1.80. The van der Waals surface area contributed by atoms with Crippen molar-refractivity contribution >= 4 is 11.6 Å². The zero-order chi connectivity index (χ0) is 11.8. The molecule has 0 radical (unpaired) electrons. The Morgan fingerprint density at radius 3 is 2.69 bits per heavy atom. The molecule has 0 aromatic heterocycles. The minimum absolute atomic E-state index is 0.00373. The Bertz CT molecular complexity index is 390. The molecule has 1 atom stereocenters. The number of hydrogen-bond acceptors (Lipinski definition) is 2. The van der Waals surface area contributed by atoms with Crippen LogP contribution in [0.5, 0.6) is 5.75 Å². The minimum Gasteiger partial charge on any atom is -0.495 e. The Morgan fingerprint density at radius 2 is 2.19 bits per heavy atom. The second-order valence-corrected chi connectivity index (χ2v) is 5.12. The number of halogens is 1. The van der Waals surface area contributed by atoms with Gasteiger partial charge >= 0.3 is 0 Å². The van der Waals surface area contributed by atoms with Crippen LogP contribution in [0.3, 0.4) is 0 Å². The first-order chi connectivity index (χ1) is 7.63. The van der Waals surface area contributed by atoms with Crippen molar-refractivity contribution in [2.75, 3.05) is 13.7 Å². The summed E-state index contributed by atoms with van der Waals surface area (Å²) >= 11 is 6.15. The molecule has 1 aliphatic rings. The number of hydrogen-bond donors (Lipinski definition) is 1. The van der Waals surface area contributed by atoms with Gasteiger partial charge in [-0.05, 0) is 24.8 Å². The lowest BCUT2D eigenvalue weighted by Crippen LogP contribution is -2.34. The third-order valence-electron chi connectivity index (χ3n) is 3.69. The largest absolute Gasteiger partial charge is 0.495 e. The topological polar surface area (TPSA) is 35.2 Å². The van der Waals surface area contributed by atoms with Gasteiger partial charge in [-0.3, -0.25) is 0 Å². The molecule has 16 heavy (non-hydrogen) atoms. The quantitative estimate of drug-likeness (QED) is 0.877. The molecular weight excluding hydrogens is 222 g/mol. The third-order valence-corrected chi connectivity index (χ3v) is 3.99. The first-order valence-corrected chi connectivity index (χ1v) is 6.04. The van der Waals surface area contributed by atoms with E-state index < -0.39 is 0 Å². The summed E-state index contributed by atoms with van der Waals surface area (Å²) in [6.45, 7) is 2.84. The molecule has 0 saturated heterocycles. The second kappa shape index (κ2) is 4.27. The van der Waals surface area contributed by atoms with Crippen LogP contribution >= 0.6 is 11.6 Å². The van der Waals surface area contributed by atoms with Crippen molar-refractivity contribution in [3.05, 3.63) is 28.8 Å². The summed E-state index contributed by atoms with van der Waals surface area (Å²) in [5, 5.41) is 0.667. The van der Waals surface area contributed by atoms with E-state index in [2.05, 4.69) is 13.0 Å². The molecule has 88 valence electrons. The van der Waals surface area contributed by atoms with Crippen molar-refractivity contribution in [2.45, 2.75) is 25.2 Å². The van der Waals surface area contributed by atoms with Gasteiger partial charge in [-0.25, -0.2) is 0 Å². The van der Waals surface area contributed by atoms with Crippen LogP contribution in [0.4, 0.5) is 0 Å². The van der Waals surface area contributed by atoms with E-state index in [1.54, 1.807) is 7.11 Å². The highest BCUT2D eigenvalue weighted by Gasteiger charge is 2.43. The molecule has 3 heteroatoms. The average molecular weight is 240 g/mol. The van der Waals surface area contributed by atoms with Gasteiger partial charge < -0.3 is 10.5 Å². The molecule has 1 aliphatic carbocycles. The summed E-state index contributed by atoms with van der Waals surface area (Å²) in [6.07, 6.45) is 2.51. The van der Waals surface area contributed by atoms with Gasteiger partial charge in [-0.15, -0.1) is 0 Å². The highest BCUT2D eigenvalue weighted by Crippen LogP contribution is 2.50. The van der Waals surface area contributed by atoms with Crippen molar-refractivity contribution in [2.24, 2.45) is 11.7 Å². The fourth-order valence-electron chi connectivity index (χ4n) is 2.38. The van der Waals surface area contributed by atoms with E-state index in [4.69, 9.17) is 22.1 Å². The van der Waals surface area contributed by atoms with Crippen molar-refractivity contribution in [1.82, 2.24) is 0 Å². The molecule has 1 saturated carbocycles. The van der Waals surface area contributed by atoms with Crippen LogP contribution in [0.2, 0.25) is 5.02 Å². The molecule has 2 nitrogen and oxygen atoms in total. The lowest BCUT2D eigenvalue weighted by Gasteiger charge is -2.30. The van der Waals surface area contributed by atoms with Gasteiger partial charge in [0.1, 0.15) is 5.75 Å².